The first-order valence-corrected chi connectivity index (χ1v) is 3.89. The first kappa shape index (κ1) is 10.2. The molecular weight excluding hydrogens is 187 g/mol. The van der Waals surface area contributed by atoms with Crippen LogP contribution in [0.4, 0.5) is 10.2 Å². The molecule has 1 aromatic heterocycles. The zero-order chi connectivity index (χ0) is 10.6. The fraction of sp³-hybridized carbons (Fsp3) is 0.111. The number of hydrogen-bond acceptors (Lipinski definition) is 3. The molecule has 0 atom stereocenters. The van der Waals surface area contributed by atoms with E-state index in [2.05, 4.69) is 16.9 Å². The van der Waals surface area contributed by atoms with Crippen molar-refractivity contribution >= 4 is 11.8 Å². The minimum atomic E-state index is -1.31. The number of nitrogens with one attached hydrogen (secondary N) is 1. The van der Waals surface area contributed by atoms with Gasteiger partial charge in [0.05, 0.1) is 0 Å². The van der Waals surface area contributed by atoms with Crippen LogP contribution in [-0.2, 0) is 0 Å². The van der Waals surface area contributed by atoms with Crippen molar-refractivity contribution in [2.45, 2.75) is 0 Å². The Hall–Kier alpha value is -1.91. The molecule has 0 amide bonds. The largest absolute Gasteiger partial charge is 0.478 e. The smallest absolute Gasteiger partial charge is 0.338 e. The molecule has 1 rings (SSSR count). The normalized spacial score (nSPS) is 9.50. The monoisotopic (exact) mass is 196 g/mol. The van der Waals surface area contributed by atoms with Gasteiger partial charge in [-0.1, -0.05) is 6.08 Å². The lowest BCUT2D eigenvalue weighted by Crippen LogP contribution is -2.08. The minimum Gasteiger partial charge on any atom is -0.478 e. The Morgan fingerprint density at radius 3 is 3.07 bits per heavy atom. The second-order valence-corrected chi connectivity index (χ2v) is 2.50. The van der Waals surface area contributed by atoms with Gasteiger partial charge < -0.3 is 10.4 Å². The molecule has 74 valence electrons. The number of aromatic nitrogens is 1. The molecule has 14 heavy (non-hydrogen) atoms. The second kappa shape index (κ2) is 4.36. The number of rotatable bonds is 4. The molecule has 0 radical (unpaired) electrons. The van der Waals surface area contributed by atoms with Crippen molar-refractivity contribution in [2.75, 3.05) is 11.9 Å². The standard InChI is InChI=1S/C9H9FN2O2/c1-2-4-11-8-7(10)6(9(13)14)3-5-12-8/h2-3,5H,1,4H2,(H,11,12)(H,13,14). The van der Waals surface area contributed by atoms with Crippen molar-refractivity contribution in [2.24, 2.45) is 0 Å². The molecule has 0 aliphatic rings. The third-order valence-electron chi connectivity index (χ3n) is 1.53. The molecule has 2 N–H and O–H groups in total. The van der Waals surface area contributed by atoms with Crippen molar-refractivity contribution in [1.29, 1.82) is 0 Å². The highest BCUT2D eigenvalue weighted by Gasteiger charge is 2.13. The van der Waals surface area contributed by atoms with E-state index in [9.17, 15) is 9.18 Å². The summed E-state index contributed by atoms with van der Waals surface area (Å²) in [6.45, 7) is 3.76. The summed E-state index contributed by atoms with van der Waals surface area (Å²) in [6.07, 6.45) is 2.76. The van der Waals surface area contributed by atoms with E-state index in [1.54, 1.807) is 0 Å². The first-order chi connectivity index (χ1) is 6.66. The summed E-state index contributed by atoms with van der Waals surface area (Å²) >= 11 is 0. The van der Waals surface area contributed by atoms with Crippen LogP contribution in [-0.4, -0.2) is 22.6 Å². The van der Waals surface area contributed by atoms with Gasteiger partial charge in [-0.25, -0.2) is 14.2 Å². The molecule has 0 bridgehead atoms. The summed E-state index contributed by atoms with van der Waals surface area (Å²) in [6, 6.07) is 1.11. The molecule has 1 heterocycles. The first-order valence-electron chi connectivity index (χ1n) is 3.89. The summed E-state index contributed by atoms with van der Waals surface area (Å²) in [5.74, 6) is -2.25. The predicted octanol–water partition coefficient (Wildman–Crippen LogP) is 1.52. The summed E-state index contributed by atoms with van der Waals surface area (Å²) in [4.78, 5) is 14.2. The molecule has 0 spiro atoms. The molecule has 0 fully saturated rings. The molecular formula is C9H9FN2O2. The van der Waals surface area contributed by atoms with Gasteiger partial charge in [0.15, 0.2) is 11.6 Å². The Labute approximate surface area is 80.1 Å². The van der Waals surface area contributed by atoms with Crippen molar-refractivity contribution in [3.05, 3.63) is 36.3 Å². The van der Waals surface area contributed by atoms with Crippen LogP contribution in [0.15, 0.2) is 24.9 Å². The van der Waals surface area contributed by atoms with Gasteiger partial charge in [0.2, 0.25) is 0 Å². The summed E-state index contributed by atoms with van der Waals surface area (Å²) < 4.78 is 13.3. The van der Waals surface area contributed by atoms with Crippen molar-refractivity contribution in [3.8, 4) is 0 Å². The fourth-order valence-corrected chi connectivity index (χ4v) is 0.901. The molecule has 0 aliphatic carbocycles. The summed E-state index contributed by atoms with van der Waals surface area (Å²) in [5, 5.41) is 11.2. The zero-order valence-electron chi connectivity index (χ0n) is 7.33. The third-order valence-corrected chi connectivity index (χ3v) is 1.53. The lowest BCUT2D eigenvalue weighted by molar-refractivity contribution is 0.0692. The van der Waals surface area contributed by atoms with Crippen LogP contribution in [0.5, 0.6) is 0 Å². The Morgan fingerprint density at radius 2 is 2.50 bits per heavy atom. The Bertz CT molecular complexity index is 366. The highest BCUT2D eigenvalue weighted by Crippen LogP contribution is 2.14. The number of nitrogens with zero attached hydrogens (tertiary/aromatic N) is 1. The van der Waals surface area contributed by atoms with E-state index in [-0.39, 0.29) is 5.82 Å². The molecule has 0 aromatic carbocycles. The SMILES string of the molecule is C=CCNc1nccc(C(=O)O)c1F. The van der Waals surface area contributed by atoms with Gasteiger partial charge >= 0.3 is 5.97 Å². The maximum atomic E-state index is 13.3. The van der Waals surface area contributed by atoms with E-state index >= 15 is 0 Å². The molecule has 4 nitrogen and oxygen atoms in total. The van der Waals surface area contributed by atoms with Crippen molar-refractivity contribution in [3.63, 3.8) is 0 Å². The van der Waals surface area contributed by atoms with Gasteiger partial charge in [-0.2, -0.15) is 0 Å². The topological polar surface area (TPSA) is 62.2 Å². The number of carbonyl (C=O) groups is 1. The lowest BCUT2D eigenvalue weighted by Gasteiger charge is -2.04. The highest BCUT2D eigenvalue weighted by molar-refractivity contribution is 5.88. The number of carboxylic acid groups (broad SMARTS) is 1. The van der Waals surface area contributed by atoms with Crippen LogP contribution in [0.2, 0.25) is 0 Å². The van der Waals surface area contributed by atoms with E-state index in [1.165, 1.54) is 12.3 Å². The molecule has 5 heteroatoms. The zero-order valence-corrected chi connectivity index (χ0v) is 7.33. The van der Waals surface area contributed by atoms with E-state index in [4.69, 9.17) is 5.11 Å². The van der Waals surface area contributed by atoms with Crippen LogP contribution >= 0.6 is 0 Å². The Morgan fingerprint density at radius 1 is 1.79 bits per heavy atom. The lowest BCUT2D eigenvalue weighted by atomic mass is 10.2. The number of pyridine rings is 1. The second-order valence-electron chi connectivity index (χ2n) is 2.50. The van der Waals surface area contributed by atoms with Gasteiger partial charge in [0.1, 0.15) is 5.56 Å². The maximum Gasteiger partial charge on any atom is 0.338 e. The maximum absolute atomic E-state index is 13.3. The van der Waals surface area contributed by atoms with Crippen LogP contribution < -0.4 is 5.32 Å². The van der Waals surface area contributed by atoms with Gasteiger partial charge in [-0.3, -0.25) is 0 Å². The minimum absolute atomic E-state index is 0.0789. The van der Waals surface area contributed by atoms with Crippen LogP contribution in [0, 0.1) is 5.82 Å². The number of anilines is 1. The van der Waals surface area contributed by atoms with E-state index in [0.717, 1.165) is 6.07 Å². The van der Waals surface area contributed by atoms with Gasteiger partial charge in [-0.15, -0.1) is 6.58 Å². The molecule has 1 aromatic rings. The van der Waals surface area contributed by atoms with Crippen LogP contribution in [0.1, 0.15) is 10.4 Å². The third kappa shape index (κ3) is 2.07. The predicted molar refractivity (Wildman–Crippen MR) is 49.8 cm³/mol. The average molecular weight is 196 g/mol. The number of halogens is 1. The fourth-order valence-electron chi connectivity index (χ4n) is 0.901. The Balaban J connectivity index is 3.01. The number of carboxylic acids is 1. The Kier molecular flexibility index (Phi) is 3.17. The van der Waals surface area contributed by atoms with Gasteiger partial charge in [-0.05, 0) is 6.07 Å². The highest BCUT2D eigenvalue weighted by atomic mass is 19.1. The molecule has 0 aliphatic heterocycles. The van der Waals surface area contributed by atoms with E-state index < -0.39 is 17.3 Å². The number of aromatic carboxylic acids is 1. The van der Waals surface area contributed by atoms with Crippen molar-refractivity contribution in [1.82, 2.24) is 4.98 Å². The summed E-state index contributed by atoms with van der Waals surface area (Å²) in [7, 11) is 0. The van der Waals surface area contributed by atoms with Gasteiger partial charge in [0.25, 0.3) is 0 Å². The number of hydrogen-bond donors (Lipinski definition) is 2. The average Bonchev–Trinajstić information content (AvgIpc) is 2.16. The van der Waals surface area contributed by atoms with Crippen LogP contribution in [0.3, 0.4) is 0 Å². The van der Waals surface area contributed by atoms with E-state index in [1.807, 2.05) is 0 Å². The summed E-state index contributed by atoms with van der Waals surface area (Å²) in [5.41, 5.74) is -0.397. The molecule has 0 saturated heterocycles. The van der Waals surface area contributed by atoms with Crippen molar-refractivity contribution < 1.29 is 14.3 Å². The molecule has 0 unspecified atom stereocenters. The quantitative estimate of drug-likeness (QED) is 0.716. The molecule has 0 saturated carbocycles. The van der Waals surface area contributed by atoms with E-state index in [0.29, 0.717) is 6.54 Å². The van der Waals surface area contributed by atoms with Gasteiger partial charge in [0, 0.05) is 12.7 Å². The van der Waals surface area contributed by atoms with Crippen LogP contribution in [0.25, 0.3) is 0 Å².